The zero-order chi connectivity index (χ0) is 17.1. The highest BCUT2D eigenvalue weighted by atomic mass is 32.1. The Kier molecular flexibility index (Phi) is 4.57. The highest BCUT2D eigenvalue weighted by Crippen LogP contribution is 2.27. The Morgan fingerprint density at radius 3 is 2.79 bits per heavy atom. The standard InChI is InChI=1S/C18H17N3O2S/c1-12-20-15(11-24-12)13-6-4-7-14(10-13)18(22)21(2)16-8-5-9-19-17(16)23-3/h4-11H,1-3H3. The number of anilines is 1. The van der Waals surface area contributed by atoms with Crippen LogP contribution < -0.4 is 9.64 Å². The highest BCUT2D eigenvalue weighted by molar-refractivity contribution is 7.09. The van der Waals surface area contributed by atoms with Gasteiger partial charge >= 0.3 is 0 Å². The Hall–Kier alpha value is -2.73. The molecule has 0 unspecified atom stereocenters. The number of methoxy groups -OCH3 is 1. The van der Waals surface area contributed by atoms with Gasteiger partial charge in [0.25, 0.3) is 5.91 Å². The summed E-state index contributed by atoms with van der Waals surface area (Å²) < 4.78 is 5.23. The molecule has 24 heavy (non-hydrogen) atoms. The van der Waals surface area contributed by atoms with Gasteiger partial charge in [-0.2, -0.15) is 0 Å². The summed E-state index contributed by atoms with van der Waals surface area (Å²) in [5.74, 6) is 0.287. The van der Waals surface area contributed by atoms with Crippen molar-refractivity contribution in [2.45, 2.75) is 6.92 Å². The fourth-order valence-electron chi connectivity index (χ4n) is 2.41. The summed E-state index contributed by atoms with van der Waals surface area (Å²) >= 11 is 1.59. The summed E-state index contributed by atoms with van der Waals surface area (Å²) in [7, 11) is 3.25. The minimum atomic E-state index is -0.130. The quantitative estimate of drug-likeness (QED) is 0.725. The second-order valence-electron chi connectivity index (χ2n) is 5.23. The van der Waals surface area contributed by atoms with Crippen molar-refractivity contribution in [3.8, 4) is 17.1 Å². The Morgan fingerprint density at radius 1 is 1.25 bits per heavy atom. The first-order chi connectivity index (χ1) is 11.6. The molecule has 2 aromatic heterocycles. The molecule has 122 valence electrons. The molecule has 3 aromatic rings. The van der Waals surface area contributed by atoms with Crippen LogP contribution in [0.2, 0.25) is 0 Å². The van der Waals surface area contributed by atoms with Gasteiger partial charge in [0.2, 0.25) is 5.88 Å². The van der Waals surface area contributed by atoms with Gasteiger partial charge in [-0.3, -0.25) is 4.79 Å². The van der Waals surface area contributed by atoms with E-state index in [1.165, 1.54) is 12.0 Å². The average Bonchev–Trinajstić information content (AvgIpc) is 3.07. The zero-order valence-electron chi connectivity index (χ0n) is 13.7. The van der Waals surface area contributed by atoms with Gasteiger partial charge in [0, 0.05) is 29.8 Å². The predicted molar refractivity (Wildman–Crippen MR) is 95.8 cm³/mol. The van der Waals surface area contributed by atoms with Crippen LogP contribution in [0.25, 0.3) is 11.3 Å². The molecule has 0 N–H and O–H groups in total. The molecule has 0 aliphatic heterocycles. The molecule has 0 radical (unpaired) electrons. The summed E-state index contributed by atoms with van der Waals surface area (Å²) in [6.45, 7) is 1.96. The van der Waals surface area contributed by atoms with Crippen LogP contribution in [0.3, 0.4) is 0 Å². The molecule has 1 aromatic carbocycles. The van der Waals surface area contributed by atoms with E-state index in [1.54, 1.807) is 42.8 Å². The van der Waals surface area contributed by atoms with Crippen molar-refractivity contribution in [1.82, 2.24) is 9.97 Å². The van der Waals surface area contributed by atoms with Crippen LogP contribution in [0.15, 0.2) is 48.0 Å². The second kappa shape index (κ2) is 6.80. The van der Waals surface area contributed by atoms with Crippen molar-refractivity contribution in [1.29, 1.82) is 0 Å². The first-order valence-corrected chi connectivity index (χ1v) is 8.27. The van der Waals surface area contributed by atoms with Gasteiger partial charge in [-0.1, -0.05) is 12.1 Å². The summed E-state index contributed by atoms with van der Waals surface area (Å²) in [5, 5.41) is 2.99. The number of carbonyl (C=O) groups excluding carboxylic acids is 1. The Labute approximate surface area is 144 Å². The largest absolute Gasteiger partial charge is 0.480 e. The van der Waals surface area contributed by atoms with Crippen LogP contribution in [0.5, 0.6) is 5.88 Å². The average molecular weight is 339 g/mol. The van der Waals surface area contributed by atoms with E-state index in [9.17, 15) is 4.79 Å². The number of hydrogen-bond acceptors (Lipinski definition) is 5. The van der Waals surface area contributed by atoms with Crippen LogP contribution >= 0.6 is 11.3 Å². The minimum Gasteiger partial charge on any atom is -0.480 e. The Morgan fingerprint density at radius 2 is 2.08 bits per heavy atom. The number of aromatic nitrogens is 2. The molecule has 0 fully saturated rings. The smallest absolute Gasteiger partial charge is 0.258 e. The summed E-state index contributed by atoms with van der Waals surface area (Å²) in [6.07, 6.45) is 1.63. The molecule has 6 heteroatoms. The molecule has 0 spiro atoms. The fraction of sp³-hybridized carbons (Fsp3) is 0.167. The number of amides is 1. The van der Waals surface area contributed by atoms with Crippen molar-refractivity contribution >= 4 is 22.9 Å². The maximum Gasteiger partial charge on any atom is 0.258 e. The van der Waals surface area contributed by atoms with E-state index in [1.807, 2.05) is 30.5 Å². The molecule has 3 rings (SSSR count). The Balaban J connectivity index is 1.92. The molecule has 1 amide bonds. The lowest BCUT2D eigenvalue weighted by atomic mass is 10.1. The second-order valence-corrected chi connectivity index (χ2v) is 6.29. The molecule has 0 bridgehead atoms. The fourth-order valence-corrected chi connectivity index (χ4v) is 3.03. The third-order valence-corrected chi connectivity index (χ3v) is 4.41. The molecule has 0 atom stereocenters. The lowest BCUT2D eigenvalue weighted by Crippen LogP contribution is -2.26. The van der Waals surface area contributed by atoms with Crippen molar-refractivity contribution in [3.63, 3.8) is 0 Å². The van der Waals surface area contributed by atoms with E-state index in [0.29, 0.717) is 17.1 Å². The predicted octanol–water partition coefficient (Wildman–Crippen LogP) is 3.80. The topological polar surface area (TPSA) is 55.3 Å². The van der Waals surface area contributed by atoms with Crippen LogP contribution in [0.1, 0.15) is 15.4 Å². The summed E-state index contributed by atoms with van der Waals surface area (Å²) in [5.41, 5.74) is 3.02. The number of thiazole rings is 1. The van der Waals surface area contributed by atoms with Gasteiger partial charge in [0.05, 0.1) is 17.8 Å². The van der Waals surface area contributed by atoms with E-state index < -0.39 is 0 Å². The SMILES string of the molecule is COc1ncccc1N(C)C(=O)c1cccc(-c2csc(C)n2)c1. The van der Waals surface area contributed by atoms with Crippen LogP contribution in [0, 0.1) is 6.92 Å². The van der Waals surface area contributed by atoms with Gasteiger partial charge in [-0.05, 0) is 31.2 Å². The number of ether oxygens (including phenoxy) is 1. The maximum atomic E-state index is 12.8. The molecule has 0 saturated carbocycles. The van der Waals surface area contributed by atoms with Crippen molar-refractivity contribution in [3.05, 3.63) is 58.5 Å². The molecule has 0 saturated heterocycles. The van der Waals surface area contributed by atoms with Gasteiger partial charge in [0.1, 0.15) is 5.69 Å². The third-order valence-electron chi connectivity index (χ3n) is 3.63. The number of carbonyl (C=O) groups is 1. The van der Waals surface area contributed by atoms with E-state index in [2.05, 4.69) is 9.97 Å². The van der Waals surface area contributed by atoms with Crippen LogP contribution in [-0.2, 0) is 0 Å². The van der Waals surface area contributed by atoms with Crippen molar-refractivity contribution in [2.75, 3.05) is 19.1 Å². The van der Waals surface area contributed by atoms with E-state index in [-0.39, 0.29) is 5.91 Å². The minimum absolute atomic E-state index is 0.130. The lowest BCUT2D eigenvalue weighted by Gasteiger charge is -2.19. The van der Waals surface area contributed by atoms with Gasteiger partial charge in [0.15, 0.2) is 0 Å². The van der Waals surface area contributed by atoms with E-state index >= 15 is 0 Å². The number of nitrogens with zero attached hydrogens (tertiary/aromatic N) is 3. The zero-order valence-corrected chi connectivity index (χ0v) is 14.5. The number of pyridine rings is 1. The van der Waals surface area contributed by atoms with Crippen molar-refractivity contribution < 1.29 is 9.53 Å². The maximum absolute atomic E-state index is 12.8. The molecule has 0 aliphatic carbocycles. The molecular formula is C18H17N3O2S. The first-order valence-electron chi connectivity index (χ1n) is 7.40. The van der Waals surface area contributed by atoms with Gasteiger partial charge in [-0.25, -0.2) is 9.97 Å². The third kappa shape index (κ3) is 3.14. The number of aryl methyl sites for hydroxylation is 1. The van der Waals surface area contributed by atoms with E-state index in [0.717, 1.165) is 16.3 Å². The van der Waals surface area contributed by atoms with Crippen LogP contribution in [-0.4, -0.2) is 30.0 Å². The van der Waals surface area contributed by atoms with Gasteiger partial charge in [-0.15, -0.1) is 11.3 Å². The van der Waals surface area contributed by atoms with E-state index in [4.69, 9.17) is 4.74 Å². The Bertz CT molecular complexity index is 876. The molecule has 0 aliphatic rings. The number of hydrogen-bond donors (Lipinski definition) is 0. The normalized spacial score (nSPS) is 10.5. The molecular weight excluding hydrogens is 322 g/mol. The van der Waals surface area contributed by atoms with Crippen molar-refractivity contribution in [2.24, 2.45) is 0 Å². The lowest BCUT2D eigenvalue weighted by molar-refractivity contribution is 0.0992. The van der Waals surface area contributed by atoms with Crippen LogP contribution in [0.4, 0.5) is 5.69 Å². The summed E-state index contributed by atoms with van der Waals surface area (Å²) in [4.78, 5) is 23.0. The highest BCUT2D eigenvalue weighted by Gasteiger charge is 2.18. The number of benzene rings is 1. The summed E-state index contributed by atoms with van der Waals surface area (Å²) in [6, 6.07) is 11.1. The number of rotatable bonds is 4. The molecule has 5 nitrogen and oxygen atoms in total. The monoisotopic (exact) mass is 339 g/mol. The first kappa shape index (κ1) is 16.1. The molecule has 2 heterocycles. The van der Waals surface area contributed by atoms with Gasteiger partial charge < -0.3 is 9.64 Å².